The molecule has 2 aliphatic carbocycles. The highest BCUT2D eigenvalue weighted by Gasteiger charge is 2.25. The molecule has 0 N–H and O–H groups in total. The van der Waals surface area contributed by atoms with Crippen molar-refractivity contribution in [3.63, 3.8) is 0 Å². The highest BCUT2D eigenvalue weighted by Crippen LogP contribution is 2.40. The Kier molecular flexibility index (Phi) is 8.07. The van der Waals surface area contributed by atoms with Crippen LogP contribution in [0.15, 0.2) is 36.2 Å². The second kappa shape index (κ2) is 10.7. The van der Waals surface area contributed by atoms with Crippen LogP contribution in [0.5, 0.6) is 0 Å². The van der Waals surface area contributed by atoms with Gasteiger partial charge in [-0.3, -0.25) is 0 Å². The van der Waals surface area contributed by atoms with Crippen molar-refractivity contribution in [1.29, 1.82) is 5.26 Å². The Hall–Kier alpha value is -1.69. The van der Waals surface area contributed by atoms with Crippen LogP contribution in [0.25, 0.3) is 0 Å². The summed E-state index contributed by atoms with van der Waals surface area (Å²) in [6.45, 7) is 0. The van der Waals surface area contributed by atoms with E-state index >= 15 is 0 Å². The maximum Gasteiger partial charge on any atom is 0.196 e. The number of nitrogens with zero attached hydrogens (tertiary/aromatic N) is 1. The first-order valence-electron chi connectivity index (χ1n) is 11.1. The van der Waals surface area contributed by atoms with Crippen molar-refractivity contribution in [3.05, 3.63) is 47.5 Å². The normalized spacial score (nSPS) is 28.7. The van der Waals surface area contributed by atoms with Crippen LogP contribution >= 0.6 is 0 Å². The Balaban J connectivity index is 1.30. The van der Waals surface area contributed by atoms with E-state index in [9.17, 15) is 8.78 Å². The van der Waals surface area contributed by atoms with Gasteiger partial charge >= 0.3 is 0 Å². The second-order valence-corrected chi connectivity index (χ2v) is 8.97. The average Bonchev–Trinajstić information content (AvgIpc) is 2.74. The van der Waals surface area contributed by atoms with Crippen molar-refractivity contribution in [2.45, 2.75) is 83.0 Å². The predicted molar refractivity (Wildman–Crippen MR) is 110 cm³/mol. The molecule has 0 amide bonds. The van der Waals surface area contributed by atoms with E-state index in [1.165, 1.54) is 75.8 Å². The largest absolute Gasteiger partial charge is 0.207 e. The Morgan fingerprint density at radius 2 is 1.36 bits per heavy atom. The van der Waals surface area contributed by atoms with Crippen molar-refractivity contribution >= 4 is 0 Å². The van der Waals surface area contributed by atoms with Crippen LogP contribution in [0.4, 0.5) is 8.78 Å². The van der Waals surface area contributed by atoms with E-state index in [0.717, 1.165) is 18.3 Å². The van der Waals surface area contributed by atoms with E-state index < -0.39 is 5.83 Å². The molecule has 0 aromatic heterocycles. The van der Waals surface area contributed by atoms with Gasteiger partial charge in [-0.2, -0.15) is 9.65 Å². The van der Waals surface area contributed by atoms with Gasteiger partial charge in [-0.15, -0.1) is 0 Å². The number of rotatable bonds is 7. The lowest BCUT2D eigenvalue weighted by atomic mass is 9.74. The Morgan fingerprint density at radius 1 is 0.857 bits per heavy atom. The number of halogens is 2. The molecular weight excluding hydrogens is 352 g/mol. The van der Waals surface area contributed by atoms with E-state index in [-0.39, 0.29) is 5.82 Å². The fourth-order valence-electron chi connectivity index (χ4n) is 5.29. The monoisotopic (exact) mass is 385 g/mol. The summed E-state index contributed by atoms with van der Waals surface area (Å²) in [4.78, 5) is 0. The molecule has 2 fully saturated rings. The quantitative estimate of drug-likeness (QED) is 0.438. The van der Waals surface area contributed by atoms with E-state index in [2.05, 4.69) is 0 Å². The van der Waals surface area contributed by atoms with Crippen LogP contribution in [0, 0.1) is 34.9 Å². The first-order valence-corrected chi connectivity index (χ1v) is 11.1. The molecule has 1 nitrogen and oxygen atoms in total. The van der Waals surface area contributed by atoms with Gasteiger partial charge in [-0.1, -0.05) is 50.7 Å². The molecule has 2 saturated carbocycles. The molecule has 0 spiro atoms. The smallest absolute Gasteiger partial charge is 0.196 e. The molecular formula is C25H33F2N. The maximum atomic E-state index is 13.1. The van der Waals surface area contributed by atoms with Crippen molar-refractivity contribution < 1.29 is 8.78 Å². The third kappa shape index (κ3) is 6.43. The van der Waals surface area contributed by atoms with Crippen LogP contribution < -0.4 is 0 Å². The topological polar surface area (TPSA) is 23.8 Å². The summed E-state index contributed by atoms with van der Waals surface area (Å²) in [5.74, 6) is 2.30. The van der Waals surface area contributed by atoms with Gasteiger partial charge in [0.2, 0.25) is 0 Å². The molecule has 0 heterocycles. The zero-order valence-corrected chi connectivity index (χ0v) is 16.9. The summed E-state index contributed by atoms with van der Waals surface area (Å²) in [5.41, 5.74) is 1.31. The third-order valence-electron chi connectivity index (χ3n) is 7.14. The lowest BCUT2D eigenvalue weighted by Gasteiger charge is -2.32. The summed E-state index contributed by atoms with van der Waals surface area (Å²) in [5, 5.41) is 8.45. The van der Waals surface area contributed by atoms with Crippen LogP contribution in [-0.4, -0.2) is 0 Å². The molecule has 0 aliphatic heterocycles. The fraction of sp³-hybridized carbons (Fsp3) is 0.640. The van der Waals surface area contributed by atoms with Gasteiger partial charge in [0.05, 0.1) is 0 Å². The van der Waals surface area contributed by atoms with Gasteiger partial charge in [0.25, 0.3) is 0 Å². The molecule has 0 saturated heterocycles. The number of hydrogen-bond donors (Lipinski definition) is 0. The van der Waals surface area contributed by atoms with Gasteiger partial charge < -0.3 is 0 Å². The van der Waals surface area contributed by atoms with Gasteiger partial charge in [0, 0.05) is 0 Å². The summed E-state index contributed by atoms with van der Waals surface area (Å²) in [6, 6.07) is 8.66. The highest BCUT2D eigenvalue weighted by atomic mass is 19.1. The summed E-state index contributed by atoms with van der Waals surface area (Å²) >= 11 is 0. The SMILES string of the molecule is N#CC(F)=CCC[C@H]1CC[C@H](CC[C@H]2CC[C@H](c3ccc(F)cc3)CC2)CC1. The standard InChI is InChI=1S/C25H33F2N/c26-24-16-14-23(15-17-24)22-12-10-21(11-13-22)9-8-20-6-4-19(5-7-20)2-1-3-25(27)18-28/h3,14-17,19-22H,1-2,4-13H2/t19-,20-,21-,22-. The molecule has 0 atom stereocenters. The minimum atomic E-state index is -0.636. The Morgan fingerprint density at radius 3 is 1.89 bits per heavy atom. The van der Waals surface area contributed by atoms with Crippen molar-refractivity contribution in [2.24, 2.45) is 17.8 Å². The average molecular weight is 386 g/mol. The molecule has 3 rings (SSSR count). The third-order valence-corrected chi connectivity index (χ3v) is 7.14. The lowest BCUT2D eigenvalue weighted by molar-refractivity contribution is 0.225. The number of nitriles is 1. The van der Waals surface area contributed by atoms with E-state index in [0.29, 0.717) is 18.3 Å². The molecule has 1 aromatic carbocycles. The molecule has 152 valence electrons. The summed E-state index contributed by atoms with van der Waals surface area (Å²) in [7, 11) is 0. The molecule has 0 bridgehead atoms. The minimum Gasteiger partial charge on any atom is -0.207 e. The van der Waals surface area contributed by atoms with Crippen LogP contribution in [0.2, 0.25) is 0 Å². The molecule has 0 radical (unpaired) electrons. The second-order valence-electron chi connectivity index (χ2n) is 8.97. The zero-order chi connectivity index (χ0) is 19.8. The van der Waals surface area contributed by atoms with E-state index in [1.54, 1.807) is 18.2 Å². The molecule has 2 aliphatic rings. The van der Waals surface area contributed by atoms with Crippen LogP contribution in [0.3, 0.4) is 0 Å². The van der Waals surface area contributed by atoms with Crippen molar-refractivity contribution in [1.82, 2.24) is 0 Å². The Bertz CT molecular complexity index is 657. The van der Waals surface area contributed by atoms with Crippen molar-refractivity contribution in [3.8, 4) is 6.07 Å². The summed E-state index contributed by atoms with van der Waals surface area (Å²) in [6.07, 6.45) is 16.2. The van der Waals surface area contributed by atoms with Crippen LogP contribution in [0.1, 0.15) is 88.5 Å². The van der Waals surface area contributed by atoms with Crippen molar-refractivity contribution in [2.75, 3.05) is 0 Å². The highest BCUT2D eigenvalue weighted by molar-refractivity contribution is 5.20. The first kappa shape index (κ1) is 21.0. The van der Waals surface area contributed by atoms with Gasteiger partial charge in [0.15, 0.2) is 5.83 Å². The molecule has 1 aromatic rings. The lowest BCUT2D eigenvalue weighted by Crippen LogP contribution is -2.17. The minimum absolute atomic E-state index is 0.141. The zero-order valence-electron chi connectivity index (χ0n) is 16.9. The number of allylic oxidation sites excluding steroid dienone is 2. The first-order chi connectivity index (χ1) is 13.6. The van der Waals surface area contributed by atoms with E-state index in [4.69, 9.17) is 5.26 Å². The molecule has 3 heteroatoms. The molecule has 0 unspecified atom stereocenters. The van der Waals surface area contributed by atoms with Crippen LogP contribution in [-0.2, 0) is 0 Å². The maximum absolute atomic E-state index is 13.1. The van der Waals surface area contributed by atoms with E-state index in [1.807, 2.05) is 12.1 Å². The van der Waals surface area contributed by atoms with Gasteiger partial charge in [-0.05, 0) is 86.0 Å². The Labute approximate surface area is 168 Å². The fourth-order valence-corrected chi connectivity index (χ4v) is 5.29. The number of hydrogen-bond acceptors (Lipinski definition) is 1. The number of benzene rings is 1. The van der Waals surface area contributed by atoms with Gasteiger partial charge in [-0.25, -0.2) is 4.39 Å². The summed E-state index contributed by atoms with van der Waals surface area (Å²) < 4.78 is 25.9. The van der Waals surface area contributed by atoms with Gasteiger partial charge in [0.1, 0.15) is 11.9 Å². The molecule has 28 heavy (non-hydrogen) atoms. The predicted octanol–water partition coefficient (Wildman–Crippen LogP) is 7.84.